The van der Waals surface area contributed by atoms with Gasteiger partial charge in [-0.25, -0.2) is 0 Å². The number of halogens is 1. The molecule has 0 aliphatic heterocycles. The summed E-state index contributed by atoms with van der Waals surface area (Å²) < 4.78 is 6.12. The summed E-state index contributed by atoms with van der Waals surface area (Å²) in [4.78, 5) is 0. The molecule has 0 heterocycles. The van der Waals surface area contributed by atoms with Crippen molar-refractivity contribution in [2.75, 3.05) is 0 Å². The first-order valence-electron chi connectivity index (χ1n) is 7.43. The summed E-state index contributed by atoms with van der Waals surface area (Å²) in [5, 5.41) is 0.674. The van der Waals surface area contributed by atoms with E-state index in [2.05, 4.69) is 19.9 Å². The molecule has 0 aliphatic rings. The van der Waals surface area contributed by atoms with Crippen LogP contribution in [0.2, 0.25) is 5.02 Å². The second-order valence-corrected chi connectivity index (χ2v) is 5.62. The highest BCUT2D eigenvalue weighted by Gasteiger charge is 2.11. The minimum Gasteiger partial charge on any atom is -0.457 e. The van der Waals surface area contributed by atoms with Gasteiger partial charge in [0.2, 0.25) is 0 Å². The molecule has 1 unspecified atom stereocenters. The normalized spacial score (nSPS) is 12.2. The van der Waals surface area contributed by atoms with Crippen molar-refractivity contribution in [2.45, 2.75) is 39.2 Å². The largest absolute Gasteiger partial charge is 0.457 e. The van der Waals surface area contributed by atoms with Crippen molar-refractivity contribution < 1.29 is 4.74 Å². The van der Waals surface area contributed by atoms with E-state index in [4.69, 9.17) is 22.1 Å². The molecule has 0 bridgehead atoms. The third-order valence-corrected chi connectivity index (χ3v) is 3.84. The molecule has 0 fully saturated rings. The summed E-state index contributed by atoms with van der Waals surface area (Å²) in [7, 11) is 0. The molecule has 1 atom stereocenters. The van der Waals surface area contributed by atoms with Crippen LogP contribution >= 0.6 is 11.6 Å². The van der Waals surface area contributed by atoms with Gasteiger partial charge in [0, 0.05) is 11.1 Å². The molecule has 0 spiro atoms. The van der Waals surface area contributed by atoms with E-state index in [9.17, 15) is 0 Å². The molecule has 2 rings (SSSR count). The second kappa shape index (κ2) is 7.48. The van der Waals surface area contributed by atoms with Crippen LogP contribution in [0.1, 0.15) is 31.4 Å². The first-order valence-corrected chi connectivity index (χ1v) is 7.81. The number of hydrogen-bond donors (Lipinski definition) is 1. The van der Waals surface area contributed by atoms with Crippen LogP contribution in [0.15, 0.2) is 42.5 Å². The monoisotopic (exact) mass is 303 g/mol. The third-order valence-electron chi connectivity index (χ3n) is 3.61. The maximum absolute atomic E-state index is 6.12. The van der Waals surface area contributed by atoms with Gasteiger partial charge in [0.05, 0.1) is 0 Å². The van der Waals surface area contributed by atoms with Crippen LogP contribution in [-0.4, -0.2) is 6.04 Å². The van der Waals surface area contributed by atoms with E-state index in [1.54, 1.807) is 0 Å². The molecule has 0 saturated carbocycles. The molecule has 0 amide bonds. The molecule has 0 aromatic heterocycles. The first kappa shape index (κ1) is 15.9. The standard InChI is InChI=1S/C18H22ClNO/c1-3-13-7-5-6-8-17(13)21-18-12-15(19)10-9-14(18)11-16(20)4-2/h5-10,12,16H,3-4,11,20H2,1-2H3. The highest BCUT2D eigenvalue weighted by molar-refractivity contribution is 6.30. The van der Waals surface area contributed by atoms with Gasteiger partial charge in [-0.2, -0.15) is 0 Å². The Balaban J connectivity index is 2.31. The van der Waals surface area contributed by atoms with Gasteiger partial charge in [-0.15, -0.1) is 0 Å². The number of aryl methyl sites for hydroxylation is 1. The van der Waals surface area contributed by atoms with E-state index in [1.807, 2.05) is 36.4 Å². The Labute approximate surface area is 131 Å². The van der Waals surface area contributed by atoms with Crippen molar-refractivity contribution in [1.82, 2.24) is 0 Å². The fraction of sp³-hybridized carbons (Fsp3) is 0.333. The zero-order chi connectivity index (χ0) is 15.2. The first-order chi connectivity index (χ1) is 10.1. The Bertz CT molecular complexity index is 598. The number of para-hydroxylation sites is 1. The Morgan fingerprint density at radius 2 is 1.81 bits per heavy atom. The van der Waals surface area contributed by atoms with E-state index >= 15 is 0 Å². The van der Waals surface area contributed by atoms with E-state index < -0.39 is 0 Å². The van der Waals surface area contributed by atoms with Gasteiger partial charge in [0.15, 0.2) is 0 Å². The molecule has 21 heavy (non-hydrogen) atoms. The molecule has 2 N–H and O–H groups in total. The minimum absolute atomic E-state index is 0.134. The van der Waals surface area contributed by atoms with Gasteiger partial charge < -0.3 is 10.5 Å². The van der Waals surface area contributed by atoms with Gasteiger partial charge >= 0.3 is 0 Å². The van der Waals surface area contributed by atoms with Crippen molar-refractivity contribution in [1.29, 1.82) is 0 Å². The molecule has 2 aromatic carbocycles. The lowest BCUT2D eigenvalue weighted by atomic mass is 10.0. The summed E-state index contributed by atoms with van der Waals surface area (Å²) in [6, 6.07) is 14.0. The van der Waals surface area contributed by atoms with Crippen LogP contribution in [-0.2, 0) is 12.8 Å². The lowest BCUT2D eigenvalue weighted by Crippen LogP contribution is -2.21. The van der Waals surface area contributed by atoms with E-state index in [0.717, 1.165) is 36.3 Å². The van der Waals surface area contributed by atoms with Gasteiger partial charge in [0.25, 0.3) is 0 Å². The lowest BCUT2D eigenvalue weighted by molar-refractivity contribution is 0.467. The number of hydrogen-bond acceptors (Lipinski definition) is 2. The van der Waals surface area contributed by atoms with Crippen molar-refractivity contribution >= 4 is 11.6 Å². The smallest absolute Gasteiger partial charge is 0.132 e. The van der Waals surface area contributed by atoms with Crippen LogP contribution in [0.3, 0.4) is 0 Å². The average molecular weight is 304 g/mol. The van der Waals surface area contributed by atoms with Crippen molar-refractivity contribution in [3.05, 3.63) is 58.6 Å². The number of ether oxygens (including phenoxy) is 1. The van der Waals surface area contributed by atoms with Crippen molar-refractivity contribution in [3.8, 4) is 11.5 Å². The predicted molar refractivity (Wildman–Crippen MR) is 89.3 cm³/mol. The highest BCUT2D eigenvalue weighted by atomic mass is 35.5. The Morgan fingerprint density at radius 1 is 1.05 bits per heavy atom. The van der Waals surface area contributed by atoms with Gasteiger partial charge in [-0.05, 0) is 48.6 Å². The Morgan fingerprint density at radius 3 is 2.52 bits per heavy atom. The van der Waals surface area contributed by atoms with Gasteiger partial charge in [-0.3, -0.25) is 0 Å². The summed E-state index contributed by atoms with van der Waals surface area (Å²) in [6.07, 6.45) is 2.66. The van der Waals surface area contributed by atoms with E-state index in [0.29, 0.717) is 5.02 Å². The molecule has 0 radical (unpaired) electrons. The molecule has 0 saturated heterocycles. The Kier molecular flexibility index (Phi) is 5.66. The van der Waals surface area contributed by atoms with E-state index in [1.165, 1.54) is 5.56 Å². The second-order valence-electron chi connectivity index (χ2n) is 5.19. The van der Waals surface area contributed by atoms with Crippen molar-refractivity contribution in [3.63, 3.8) is 0 Å². The lowest BCUT2D eigenvalue weighted by Gasteiger charge is -2.16. The summed E-state index contributed by atoms with van der Waals surface area (Å²) in [5.41, 5.74) is 8.35. The average Bonchev–Trinajstić information content (AvgIpc) is 2.50. The van der Waals surface area contributed by atoms with Crippen LogP contribution in [0, 0.1) is 0 Å². The number of nitrogens with two attached hydrogens (primary N) is 1. The van der Waals surface area contributed by atoms with Gasteiger partial charge in [0.1, 0.15) is 11.5 Å². The molecular formula is C18H22ClNO. The summed E-state index contributed by atoms with van der Waals surface area (Å²) in [6.45, 7) is 4.21. The summed E-state index contributed by atoms with van der Waals surface area (Å²) in [5.74, 6) is 1.68. The molecule has 0 aliphatic carbocycles. The fourth-order valence-electron chi connectivity index (χ4n) is 2.23. The minimum atomic E-state index is 0.134. The summed E-state index contributed by atoms with van der Waals surface area (Å²) >= 11 is 6.12. The van der Waals surface area contributed by atoms with E-state index in [-0.39, 0.29) is 6.04 Å². The molecule has 112 valence electrons. The third kappa shape index (κ3) is 4.23. The van der Waals surface area contributed by atoms with Gasteiger partial charge in [-0.1, -0.05) is 49.7 Å². The zero-order valence-corrected chi connectivity index (χ0v) is 13.4. The molecule has 2 aromatic rings. The topological polar surface area (TPSA) is 35.2 Å². The van der Waals surface area contributed by atoms with Crippen LogP contribution in [0.5, 0.6) is 11.5 Å². The van der Waals surface area contributed by atoms with Crippen molar-refractivity contribution in [2.24, 2.45) is 5.73 Å². The van der Waals surface area contributed by atoms with Crippen LogP contribution in [0.25, 0.3) is 0 Å². The molecule has 2 nitrogen and oxygen atoms in total. The zero-order valence-electron chi connectivity index (χ0n) is 12.6. The quantitative estimate of drug-likeness (QED) is 0.817. The van der Waals surface area contributed by atoms with Crippen LogP contribution < -0.4 is 10.5 Å². The van der Waals surface area contributed by atoms with Crippen LogP contribution in [0.4, 0.5) is 0 Å². The Hall–Kier alpha value is -1.51. The highest BCUT2D eigenvalue weighted by Crippen LogP contribution is 2.31. The number of benzene rings is 2. The molecule has 3 heteroatoms. The number of rotatable bonds is 6. The SMILES string of the molecule is CCc1ccccc1Oc1cc(Cl)ccc1CC(N)CC. The fourth-order valence-corrected chi connectivity index (χ4v) is 2.39. The maximum atomic E-state index is 6.12. The molecular weight excluding hydrogens is 282 g/mol. The predicted octanol–water partition coefficient (Wildman–Crippen LogP) is 4.97. The maximum Gasteiger partial charge on any atom is 0.132 e.